The molecular formula is C3H6NO2+. The van der Waals surface area contributed by atoms with Gasteiger partial charge in [-0.1, -0.05) is 0 Å². The Morgan fingerprint density at radius 3 is 2.17 bits per heavy atom. The van der Waals surface area contributed by atoms with E-state index in [1.54, 1.807) is 0 Å². The second-order valence-corrected chi connectivity index (χ2v) is 0.919. The van der Waals surface area contributed by atoms with Crippen LogP contribution in [-0.4, -0.2) is 22.6 Å². The van der Waals surface area contributed by atoms with Gasteiger partial charge >= 0.3 is 5.91 Å². The highest BCUT2D eigenvalue weighted by molar-refractivity contribution is 5.64. The number of carbonyl (C=O) groups is 1. The van der Waals surface area contributed by atoms with Crippen molar-refractivity contribution in [3.05, 3.63) is 0 Å². The molecule has 34 valence electrons. The molecule has 0 spiro atoms. The van der Waals surface area contributed by atoms with Gasteiger partial charge in [0.15, 0.2) is 6.72 Å². The van der Waals surface area contributed by atoms with Crippen LogP contribution in [0.1, 0.15) is 6.92 Å². The van der Waals surface area contributed by atoms with E-state index in [1.165, 1.54) is 6.92 Å². The van der Waals surface area contributed by atoms with E-state index >= 15 is 0 Å². The maximum absolute atomic E-state index is 9.76. The van der Waals surface area contributed by atoms with Crippen LogP contribution in [0, 0.1) is 0 Å². The van der Waals surface area contributed by atoms with Gasteiger partial charge in [-0.2, -0.15) is 0 Å². The van der Waals surface area contributed by atoms with Gasteiger partial charge in [0.1, 0.15) is 0 Å². The third-order valence-corrected chi connectivity index (χ3v) is 0.363. The number of hydrogen-bond donors (Lipinski definition) is 1. The van der Waals surface area contributed by atoms with Crippen molar-refractivity contribution in [3.63, 3.8) is 0 Å². The first-order valence-electron chi connectivity index (χ1n) is 1.44. The molecule has 0 aromatic heterocycles. The zero-order chi connectivity index (χ0) is 5.15. The average molecular weight is 88.1 g/mol. The first kappa shape index (κ1) is 5.14. The molecule has 0 atom stereocenters. The third kappa shape index (κ3) is 1.46. The molecule has 1 N–H and O–H groups in total. The van der Waals surface area contributed by atoms with Crippen molar-refractivity contribution in [3.8, 4) is 0 Å². The lowest BCUT2D eigenvalue weighted by molar-refractivity contribution is -0.698. The van der Waals surface area contributed by atoms with Crippen molar-refractivity contribution in [1.82, 2.24) is 0 Å². The van der Waals surface area contributed by atoms with E-state index in [4.69, 9.17) is 5.21 Å². The molecular weight excluding hydrogens is 82.0 g/mol. The molecule has 0 saturated carbocycles. The zero-order valence-electron chi connectivity index (χ0n) is 3.51. The normalized spacial score (nSPS) is 7.50. The first-order chi connectivity index (χ1) is 2.64. The van der Waals surface area contributed by atoms with Gasteiger partial charge < -0.3 is 0 Å². The maximum Gasteiger partial charge on any atom is 0.429 e. The lowest BCUT2D eigenvalue weighted by Crippen LogP contribution is -2.08. The van der Waals surface area contributed by atoms with Gasteiger partial charge in [-0.05, 0) is 0 Å². The van der Waals surface area contributed by atoms with Gasteiger partial charge in [0, 0.05) is 4.74 Å². The fraction of sp³-hybridized carbons (Fsp3) is 0.333. The molecule has 0 aliphatic carbocycles. The van der Waals surface area contributed by atoms with Crippen LogP contribution < -0.4 is 0 Å². The van der Waals surface area contributed by atoms with Gasteiger partial charge in [-0.15, -0.1) is 0 Å². The molecule has 0 aromatic carbocycles. The van der Waals surface area contributed by atoms with Gasteiger partial charge in [-0.3, -0.25) is 5.21 Å². The number of amides is 1. The summed E-state index contributed by atoms with van der Waals surface area (Å²) in [4.78, 5) is 9.76. The predicted molar refractivity (Wildman–Crippen MR) is 19.8 cm³/mol. The molecule has 0 unspecified atom stereocenters. The molecule has 0 heterocycles. The smallest absolute Gasteiger partial charge is 0.282 e. The summed E-state index contributed by atoms with van der Waals surface area (Å²) < 4.78 is 0.278. The number of carbonyl (C=O) groups excluding carboxylic acids is 1. The van der Waals surface area contributed by atoms with Crippen molar-refractivity contribution < 1.29 is 14.7 Å². The minimum absolute atomic E-state index is 0.278. The minimum Gasteiger partial charge on any atom is -0.282 e. The van der Waals surface area contributed by atoms with Crippen molar-refractivity contribution in [2.45, 2.75) is 6.92 Å². The van der Waals surface area contributed by atoms with Crippen LogP contribution in [-0.2, 0) is 4.79 Å². The Hall–Kier alpha value is -0.860. The van der Waals surface area contributed by atoms with Gasteiger partial charge in [0.05, 0.1) is 6.92 Å². The quantitative estimate of drug-likeness (QED) is 0.144. The molecule has 0 aromatic rings. The average Bonchev–Trinajstić information content (AvgIpc) is 1.36. The summed E-state index contributed by atoms with van der Waals surface area (Å²) in [6, 6.07) is 0. The Morgan fingerprint density at radius 2 is 2.17 bits per heavy atom. The second kappa shape index (κ2) is 1.55. The molecule has 6 heavy (non-hydrogen) atoms. The highest BCUT2D eigenvalue weighted by atomic mass is 16.5. The number of rotatable bonds is 0. The van der Waals surface area contributed by atoms with E-state index in [1.807, 2.05) is 0 Å². The summed E-state index contributed by atoms with van der Waals surface area (Å²) in [5, 5.41) is 8.00. The lowest BCUT2D eigenvalue weighted by Gasteiger charge is -1.72. The molecule has 0 saturated heterocycles. The summed E-state index contributed by atoms with van der Waals surface area (Å²) in [6.07, 6.45) is 0. The van der Waals surface area contributed by atoms with E-state index in [9.17, 15) is 4.79 Å². The van der Waals surface area contributed by atoms with Crippen LogP contribution in [0.15, 0.2) is 0 Å². The fourth-order valence-electron chi connectivity index (χ4n) is 0. The van der Waals surface area contributed by atoms with Gasteiger partial charge in [-0.25, -0.2) is 4.79 Å². The highest BCUT2D eigenvalue weighted by Gasteiger charge is 1.99. The van der Waals surface area contributed by atoms with E-state index in [0.717, 1.165) is 0 Å². The Bertz CT molecular complexity index is 74.8. The third-order valence-electron chi connectivity index (χ3n) is 0.363. The van der Waals surface area contributed by atoms with Crippen LogP contribution in [0.5, 0.6) is 0 Å². The molecule has 0 bridgehead atoms. The molecule has 0 aliphatic heterocycles. The van der Waals surface area contributed by atoms with Crippen LogP contribution in [0.4, 0.5) is 0 Å². The Balaban J connectivity index is 3.57. The molecule has 0 aliphatic rings. The molecule has 3 heteroatoms. The van der Waals surface area contributed by atoms with Crippen molar-refractivity contribution in [2.75, 3.05) is 0 Å². The van der Waals surface area contributed by atoms with Crippen LogP contribution in [0.2, 0.25) is 0 Å². The SMILES string of the molecule is C=[N+](O)C(C)=O. The first-order valence-corrected chi connectivity index (χ1v) is 1.44. The molecule has 3 nitrogen and oxygen atoms in total. The number of hydrogen-bond acceptors (Lipinski definition) is 2. The fourth-order valence-corrected chi connectivity index (χ4v) is 0. The topological polar surface area (TPSA) is 40.3 Å². The minimum atomic E-state index is -0.463. The Labute approximate surface area is 35.5 Å². The highest BCUT2D eigenvalue weighted by Crippen LogP contribution is 1.59. The summed E-state index contributed by atoms with van der Waals surface area (Å²) in [5.41, 5.74) is 0. The van der Waals surface area contributed by atoms with Crippen LogP contribution in [0.25, 0.3) is 0 Å². The lowest BCUT2D eigenvalue weighted by atomic mass is 10.7. The predicted octanol–water partition coefficient (Wildman–Crippen LogP) is -0.365. The van der Waals surface area contributed by atoms with Crippen molar-refractivity contribution in [1.29, 1.82) is 0 Å². The number of hydroxylamine groups is 1. The molecule has 0 radical (unpaired) electrons. The monoisotopic (exact) mass is 88.0 g/mol. The van der Waals surface area contributed by atoms with E-state index in [0.29, 0.717) is 0 Å². The summed E-state index contributed by atoms with van der Waals surface area (Å²) >= 11 is 0. The summed E-state index contributed by atoms with van der Waals surface area (Å²) in [6.45, 7) is 4.09. The largest absolute Gasteiger partial charge is 0.429 e. The van der Waals surface area contributed by atoms with Gasteiger partial charge in [0.2, 0.25) is 0 Å². The van der Waals surface area contributed by atoms with E-state index in [2.05, 4.69) is 6.72 Å². The zero-order valence-corrected chi connectivity index (χ0v) is 3.51. The number of nitrogens with zero attached hydrogens (tertiary/aromatic N) is 1. The molecule has 0 fully saturated rings. The van der Waals surface area contributed by atoms with E-state index < -0.39 is 5.91 Å². The van der Waals surface area contributed by atoms with E-state index in [-0.39, 0.29) is 4.74 Å². The van der Waals surface area contributed by atoms with Crippen molar-refractivity contribution in [2.24, 2.45) is 0 Å². The second-order valence-electron chi connectivity index (χ2n) is 0.919. The summed E-state index contributed by atoms with van der Waals surface area (Å²) in [7, 11) is 0. The standard InChI is InChI=1S/C3H6NO2/c1-3(5)4(2)6/h6H,2H2,1H3/q+1. The maximum atomic E-state index is 9.76. The molecule has 1 amide bonds. The molecule has 0 rings (SSSR count). The van der Waals surface area contributed by atoms with Crippen LogP contribution >= 0.6 is 0 Å². The Morgan fingerprint density at radius 1 is 2.00 bits per heavy atom. The Kier molecular flexibility index (Phi) is 1.32. The van der Waals surface area contributed by atoms with Gasteiger partial charge in [0.25, 0.3) is 0 Å². The van der Waals surface area contributed by atoms with Crippen LogP contribution in [0.3, 0.4) is 0 Å². The summed E-state index contributed by atoms with van der Waals surface area (Å²) in [5.74, 6) is -0.463. The van der Waals surface area contributed by atoms with Crippen molar-refractivity contribution >= 4 is 12.6 Å².